The normalized spacial score (nSPS) is 12.3. The van der Waals surface area contributed by atoms with Crippen molar-refractivity contribution in [3.8, 4) is 11.1 Å². The smallest absolute Gasteiger partial charge is 0.273 e. The van der Waals surface area contributed by atoms with E-state index in [1.54, 1.807) is 32.3 Å². The number of fused-ring (bicyclic) bond motifs is 2. The molecule has 2 heterocycles. The number of aromatic amines is 2. The van der Waals surface area contributed by atoms with E-state index in [9.17, 15) is 4.79 Å². The lowest BCUT2D eigenvalue weighted by Gasteiger charge is -2.10. The van der Waals surface area contributed by atoms with Gasteiger partial charge in [-0.05, 0) is 49.2 Å². The molecule has 134 valence electrons. The second kappa shape index (κ2) is 6.92. The minimum atomic E-state index is -0.255. The predicted molar refractivity (Wildman–Crippen MR) is 110 cm³/mol. The molecule has 0 aliphatic heterocycles. The van der Waals surface area contributed by atoms with E-state index in [1.807, 2.05) is 36.5 Å². The molecule has 2 aromatic heterocycles. The standard InChI is InChI=1S/C21H19N5O/c1-3-17(22-4-2)21(27)25-19-10-13(11-20-16(19)12-24-26-20)14-6-5-7-18-15(14)8-9-23-18/h3-12,23H,1-2H3,(H,24,26)(H,25,27)/b17-3-,22-4?. The fourth-order valence-corrected chi connectivity index (χ4v) is 3.24. The lowest BCUT2D eigenvalue weighted by atomic mass is 9.99. The molecule has 3 N–H and O–H groups in total. The summed E-state index contributed by atoms with van der Waals surface area (Å²) in [6, 6.07) is 12.2. The van der Waals surface area contributed by atoms with Crippen molar-refractivity contribution in [3.05, 3.63) is 60.6 Å². The molecule has 0 aliphatic rings. The monoisotopic (exact) mass is 357 g/mol. The maximum absolute atomic E-state index is 12.6. The van der Waals surface area contributed by atoms with Gasteiger partial charge in [0.05, 0.1) is 17.4 Å². The van der Waals surface area contributed by atoms with E-state index in [1.165, 1.54) is 0 Å². The summed E-state index contributed by atoms with van der Waals surface area (Å²) in [5.74, 6) is -0.255. The van der Waals surface area contributed by atoms with Gasteiger partial charge in [-0.15, -0.1) is 0 Å². The zero-order valence-corrected chi connectivity index (χ0v) is 15.1. The minimum Gasteiger partial charge on any atom is -0.361 e. The molecule has 6 heteroatoms. The molecule has 2 aromatic carbocycles. The Morgan fingerprint density at radius 1 is 1.15 bits per heavy atom. The Balaban J connectivity index is 1.83. The Hall–Kier alpha value is -3.67. The molecule has 4 rings (SSSR count). The molecule has 4 aromatic rings. The Morgan fingerprint density at radius 3 is 2.85 bits per heavy atom. The molecular weight excluding hydrogens is 338 g/mol. The number of aromatic nitrogens is 3. The van der Waals surface area contributed by atoms with E-state index in [4.69, 9.17) is 0 Å². The number of hydrogen-bond acceptors (Lipinski definition) is 3. The van der Waals surface area contributed by atoms with Gasteiger partial charge in [-0.2, -0.15) is 5.10 Å². The Labute approximate surface area is 156 Å². The number of amides is 1. The van der Waals surface area contributed by atoms with Gasteiger partial charge in [-0.1, -0.05) is 18.2 Å². The van der Waals surface area contributed by atoms with Crippen molar-refractivity contribution in [1.82, 2.24) is 15.2 Å². The number of allylic oxidation sites excluding steroid dienone is 1. The van der Waals surface area contributed by atoms with E-state index in [-0.39, 0.29) is 5.91 Å². The molecule has 0 fully saturated rings. The second-order valence-electron chi connectivity index (χ2n) is 6.11. The summed E-state index contributed by atoms with van der Waals surface area (Å²) in [6.45, 7) is 3.57. The fraction of sp³-hybridized carbons (Fsp3) is 0.0952. The minimum absolute atomic E-state index is 0.255. The van der Waals surface area contributed by atoms with Gasteiger partial charge in [0, 0.05) is 28.7 Å². The lowest BCUT2D eigenvalue weighted by molar-refractivity contribution is -0.112. The van der Waals surface area contributed by atoms with Crippen LogP contribution in [0.5, 0.6) is 0 Å². The van der Waals surface area contributed by atoms with Gasteiger partial charge in [-0.25, -0.2) is 0 Å². The van der Waals surface area contributed by atoms with Gasteiger partial charge in [-0.3, -0.25) is 14.9 Å². The molecule has 0 unspecified atom stereocenters. The van der Waals surface area contributed by atoms with Crippen LogP contribution >= 0.6 is 0 Å². The highest BCUT2D eigenvalue weighted by Crippen LogP contribution is 2.34. The van der Waals surface area contributed by atoms with Gasteiger partial charge in [0.25, 0.3) is 5.91 Å². The number of hydrogen-bond donors (Lipinski definition) is 3. The van der Waals surface area contributed by atoms with E-state index in [0.29, 0.717) is 11.4 Å². The van der Waals surface area contributed by atoms with Crippen molar-refractivity contribution in [1.29, 1.82) is 0 Å². The summed E-state index contributed by atoms with van der Waals surface area (Å²) in [7, 11) is 0. The van der Waals surface area contributed by atoms with Crippen molar-refractivity contribution >= 4 is 39.6 Å². The number of anilines is 1. The lowest BCUT2D eigenvalue weighted by Crippen LogP contribution is -2.13. The third-order valence-corrected chi connectivity index (χ3v) is 4.49. The fourth-order valence-electron chi connectivity index (χ4n) is 3.24. The van der Waals surface area contributed by atoms with Gasteiger partial charge in [0.1, 0.15) is 5.70 Å². The molecule has 0 bridgehead atoms. The third-order valence-electron chi connectivity index (χ3n) is 4.49. The first-order chi connectivity index (χ1) is 13.2. The number of nitrogens with one attached hydrogen (secondary N) is 3. The highest BCUT2D eigenvalue weighted by Gasteiger charge is 2.14. The first-order valence-electron chi connectivity index (χ1n) is 8.71. The number of H-pyrrole nitrogens is 2. The number of benzene rings is 2. The highest BCUT2D eigenvalue weighted by molar-refractivity contribution is 6.10. The Morgan fingerprint density at radius 2 is 2.04 bits per heavy atom. The maximum atomic E-state index is 12.6. The van der Waals surface area contributed by atoms with Crippen molar-refractivity contribution in [2.24, 2.45) is 4.99 Å². The quantitative estimate of drug-likeness (QED) is 0.367. The van der Waals surface area contributed by atoms with E-state index in [2.05, 4.69) is 31.6 Å². The summed E-state index contributed by atoms with van der Waals surface area (Å²) in [4.78, 5) is 19.9. The number of rotatable bonds is 4. The van der Waals surface area contributed by atoms with Crippen molar-refractivity contribution in [2.75, 3.05) is 5.32 Å². The average Bonchev–Trinajstić information content (AvgIpc) is 3.34. The zero-order chi connectivity index (χ0) is 18.8. The predicted octanol–water partition coefficient (Wildman–Crippen LogP) is 4.64. The van der Waals surface area contributed by atoms with E-state index >= 15 is 0 Å². The second-order valence-corrected chi connectivity index (χ2v) is 6.11. The average molecular weight is 357 g/mol. The summed E-state index contributed by atoms with van der Waals surface area (Å²) in [5.41, 5.74) is 5.06. The Bertz CT molecular complexity index is 1200. The molecule has 0 atom stereocenters. The first kappa shape index (κ1) is 16.8. The molecule has 1 amide bonds. The maximum Gasteiger partial charge on any atom is 0.273 e. The zero-order valence-electron chi connectivity index (χ0n) is 15.1. The van der Waals surface area contributed by atoms with Crippen LogP contribution in [-0.4, -0.2) is 27.3 Å². The van der Waals surface area contributed by atoms with Gasteiger partial charge in [0.2, 0.25) is 0 Å². The topological polar surface area (TPSA) is 85.9 Å². The SMILES string of the molecule is CC=N/C(=C\C)C(=O)Nc1cc(-c2cccc3[nH]ccc23)cc2[nH]ncc12. The van der Waals surface area contributed by atoms with Crippen LogP contribution < -0.4 is 5.32 Å². The summed E-state index contributed by atoms with van der Waals surface area (Å²) >= 11 is 0. The molecule has 6 nitrogen and oxygen atoms in total. The summed E-state index contributed by atoms with van der Waals surface area (Å²) < 4.78 is 0. The molecule has 27 heavy (non-hydrogen) atoms. The Kier molecular flexibility index (Phi) is 4.30. The molecule has 0 saturated carbocycles. The number of nitrogens with zero attached hydrogens (tertiary/aromatic N) is 2. The van der Waals surface area contributed by atoms with Crippen LogP contribution in [0.3, 0.4) is 0 Å². The van der Waals surface area contributed by atoms with Crippen LogP contribution in [0.15, 0.2) is 65.6 Å². The van der Waals surface area contributed by atoms with E-state index in [0.717, 1.165) is 32.9 Å². The molecule has 0 aliphatic carbocycles. The molecule has 0 spiro atoms. The first-order valence-corrected chi connectivity index (χ1v) is 8.71. The van der Waals surface area contributed by atoms with Crippen LogP contribution in [-0.2, 0) is 4.79 Å². The van der Waals surface area contributed by atoms with Crippen LogP contribution in [0.1, 0.15) is 13.8 Å². The van der Waals surface area contributed by atoms with Crippen LogP contribution in [0.4, 0.5) is 5.69 Å². The molecule has 0 radical (unpaired) electrons. The summed E-state index contributed by atoms with van der Waals surface area (Å²) in [5, 5.41) is 12.1. The van der Waals surface area contributed by atoms with Crippen molar-refractivity contribution in [3.63, 3.8) is 0 Å². The number of carbonyl (C=O) groups excluding carboxylic acids is 1. The number of aliphatic imine (C=N–C) groups is 1. The van der Waals surface area contributed by atoms with Crippen molar-refractivity contribution in [2.45, 2.75) is 13.8 Å². The van der Waals surface area contributed by atoms with E-state index < -0.39 is 0 Å². The third kappa shape index (κ3) is 3.01. The summed E-state index contributed by atoms with van der Waals surface area (Å²) in [6.07, 6.45) is 6.92. The molecule has 0 saturated heterocycles. The number of carbonyl (C=O) groups is 1. The van der Waals surface area contributed by atoms with Gasteiger partial charge < -0.3 is 10.3 Å². The van der Waals surface area contributed by atoms with Crippen LogP contribution in [0.2, 0.25) is 0 Å². The van der Waals surface area contributed by atoms with Gasteiger partial charge >= 0.3 is 0 Å². The van der Waals surface area contributed by atoms with Gasteiger partial charge in [0.15, 0.2) is 0 Å². The molecular formula is C21H19N5O. The largest absolute Gasteiger partial charge is 0.361 e. The van der Waals surface area contributed by atoms with Crippen LogP contribution in [0, 0.1) is 0 Å². The van der Waals surface area contributed by atoms with Crippen molar-refractivity contribution < 1.29 is 4.79 Å². The van der Waals surface area contributed by atoms with Crippen LogP contribution in [0.25, 0.3) is 32.9 Å². The highest BCUT2D eigenvalue weighted by atomic mass is 16.2.